The fraction of sp³-hybridized carbons (Fsp3) is 0.0909. The van der Waals surface area contributed by atoms with Crippen molar-refractivity contribution in [3.63, 3.8) is 0 Å². The number of aromatic nitrogens is 2. The van der Waals surface area contributed by atoms with E-state index in [0.29, 0.717) is 0 Å². The summed E-state index contributed by atoms with van der Waals surface area (Å²) in [6.45, 7) is 0. The SMILES string of the molecule is C1=CC2=CCc3cncnc3C2=C1. The van der Waals surface area contributed by atoms with Crippen LogP contribution >= 0.6 is 0 Å². The molecule has 0 saturated heterocycles. The predicted octanol–water partition coefficient (Wildman–Crippen LogP) is 1.91. The Morgan fingerprint density at radius 3 is 3.31 bits per heavy atom. The lowest BCUT2D eigenvalue weighted by molar-refractivity contribution is 1.05. The second-order valence-corrected chi connectivity index (χ2v) is 3.20. The largest absolute Gasteiger partial charge is 0.244 e. The van der Waals surface area contributed by atoms with Crippen molar-refractivity contribution in [3.05, 3.63) is 53.7 Å². The molecule has 1 aromatic heterocycles. The molecule has 0 aliphatic heterocycles. The lowest BCUT2D eigenvalue weighted by Crippen LogP contribution is -2.02. The molecule has 0 saturated carbocycles. The van der Waals surface area contributed by atoms with E-state index >= 15 is 0 Å². The Balaban J connectivity index is 2.25. The Morgan fingerprint density at radius 1 is 1.31 bits per heavy atom. The fourth-order valence-corrected chi connectivity index (χ4v) is 1.80. The van der Waals surface area contributed by atoms with Crippen molar-refractivity contribution in [2.75, 3.05) is 0 Å². The van der Waals surface area contributed by atoms with Gasteiger partial charge in [-0.2, -0.15) is 0 Å². The fourth-order valence-electron chi connectivity index (χ4n) is 1.80. The quantitative estimate of drug-likeness (QED) is 0.591. The lowest BCUT2D eigenvalue weighted by atomic mass is 9.94. The van der Waals surface area contributed by atoms with Crippen molar-refractivity contribution >= 4 is 5.57 Å². The molecule has 0 spiro atoms. The van der Waals surface area contributed by atoms with Crippen LogP contribution in [0.3, 0.4) is 0 Å². The average molecular weight is 168 g/mol. The summed E-state index contributed by atoms with van der Waals surface area (Å²) >= 11 is 0. The van der Waals surface area contributed by atoms with Gasteiger partial charge in [-0.1, -0.05) is 24.3 Å². The molecule has 62 valence electrons. The van der Waals surface area contributed by atoms with Crippen LogP contribution in [0, 0.1) is 0 Å². The molecule has 1 aromatic rings. The topological polar surface area (TPSA) is 25.8 Å². The molecule has 0 fully saturated rings. The van der Waals surface area contributed by atoms with E-state index in [1.807, 2.05) is 6.20 Å². The zero-order chi connectivity index (χ0) is 8.67. The van der Waals surface area contributed by atoms with E-state index < -0.39 is 0 Å². The smallest absolute Gasteiger partial charge is 0.116 e. The van der Waals surface area contributed by atoms with Gasteiger partial charge < -0.3 is 0 Å². The Morgan fingerprint density at radius 2 is 2.31 bits per heavy atom. The third-order valence-electron chi connectivity index (χ3n) is 2.43. The van der Waals surface area contributed by atoms with Gasteiger partial charge in [-0.25, -0.2) is 9.97 Å². The summed E-state index contributed by atoms with van der Waals surface area (Å²) in [5, 5.41) is 0. The summed E-state index contributed by atoms with van der Waals surface area (Å²) in [6, 6.07) is 0. The summed E-state index contributed by atoms with van der Waals surface area (Å²) < 4.78 is 0. The van der Waals surface area contributed by atoms with E-state index in [-0.39, 0.29) is 0 Å². The highest BCUT2D eigenvalue weighted by Gasteiger charge is 2.17. The number of fused-ring (bicyclic) bond motifs is 3. The highest BCUT2D eigenvalue weighted by molar-refractivity contribution is 5.87. The monoisotopic (exact) mass is 168 g/mol. The first kappa shape index (κ1) is 6.78. The maximum absolute atomic E-state index is 4.30. The van der Waals surface area contributed by atoms with E-state index in [0.717, 1.165) is 12.1 Å². The van der Waals surface area contributed by atoms with Crippen LogP contribution in [0.15, 0.2) is 42.4 Å². The molecule has 2 heteroatoms. The highest BCUT2D eigenvalue weighted by atomic mass is 14.8. The van der Waals surface area contributed by atoms with Crippen LogP contribution in [-0.2, 0) is 6.42 Å². The van der Waals surface area contributed by atoms with Crippen molar-refractivity contribution in [1.29, 1.82) is 0 Å². The predicted molar refractivity (Wildman–Crippen MR) is 50.9 cm³/mol. The van der Waals surface area contributed by atoms with Gasteiger partial charge in [0.15, 0.2) is 0 Å². The number of allylic oxidation sites excluding steroid dienone is 6. The first-order chi connectivity index (χ1) is 6.45. The molecule has 0 amide bonds. The molecule has 2 nitrogen and oxygen atoms in total. The van der Waals surface area contributed by atoms with Crippen LogP contribution in [0.25, 0.3) is 5.57 Å². The van der Waals surface area contributed by atoms with Crippen molar-refractivity contribution in [1.82, 2.24) is 9.97 Å². The van der Waals surface area contributed by atoms with Crippen LogP contribution < -0.4 is 0 Å². The maximum Gasteiger partial charge on any atom is 0.116 e. The first-order valence-corrected chi connectivity index (χ1v) is 4.33. The molecule has 1 heterocycles. The van der Waals surface area contributed by atoms with Gasteiger partial charge in [0.1, 0.15) is 6.33 Å². The van der Waals surface area contributed by atoms with Gasteiger partial charge in [-0.15, -0.1) is 0 Å². The normalized spacial score (nSPS) is 17.5. The standard InChI is InChI=1S/C11H8N2/c1-2-8-4-5-9-6-12-7-13-11(9)10(8)3-1/h1-4,6-7H,5H2. The van der Waals surface area contributed by atoms with Crippen LogP contribution in [0.4, 0.5) is 0 Å². The summed E-state index contributed by atoms with van der Waals surface area (Å²) in [4.78, 5) is 8.33. The molecular weight excluding hydrogens is 160 g/mol. The van der Waals surface area contributed by atoms with Crippen molar-refractivity contribution in [2.45, 2.75) is 6.42 Å². The lowest BCUT2D eigenvalue weighted by Gasteiger charge is -2.13. The Bertz CT molecular complexity index is 453. The molecule has 2 aliphatic rings. The van der Waals surface area contributed by atoms with Gasteiger partial charge in [0.2, 0.25) is 0 Å². The van der Waals surface area contributed by atoms with Gasteiger partial charge >= 0.3 is 0 Å². The molecule has 0 aromatic carbocycles. The zero-order valence-electron chi connectivity index (χ0n) is 7.07. The van der Waals surface area contributed by atoms with E-state index in [4.69, 9.17) is 0 Å². The number of hydrogen-bond donors (Lipinski definition) is 0. The van der Waals surface area contributed by atoms with E-state index in [2.05, 4.69) is 34.3 Å². The third kappa shape index (κ3) is 0.886. The number of hydrogen-bond acceptors (Lipinski definition) is 2. The van der Waals surface area contributed by atoms with Crippen LogP contribution in [0.2, 0.25) is 0 Å². The van der Waals surface area contributed by atoms with E-state index in [9.17, 15) is 0 Å². The average Bonchev–Trinajstić information content (AvgIpc) is 2.65. The van der Waals surface area contributed by atoms with E-state index in [1.165, 1.54) is 16.7 Å². The van der Waals surface area contributed by atoms with Crippen LogP contribution in [0.5, 0.6) is 0 Å². The minimum absolute atomic E-state index is 0.952. The molecule has 0 bridgehead atoms. The molecule has 2 aliphatic carbocycles. The van der Waals surface area contributed by atoms with Crippen molar-refractivity contribution < 1.29 is 0 Å². The highest BCUT2D eigenvalue weighted by Crippen LogP contribution is 2.33. The second kappa shape index (κ2) is 2.39. The minimum atomic E-state index is 0.952. The summed E-state index contributed by atoms with van der Waals surface area (Å²) in [6.07, 6.45) is 13.0. The Hall–Kier alpha value is -1.70. The summed E-state index contributed by atoms with van der Waals surface area (Å²) in [7, 11) is 0. The summed E-state index contributed by atoms with van der Waals surface area (Å²) in [5.41, 5.74) is 4.86. The van der Waals surface area contributed by atoms with Gasteiger partial charge in [0.25, 0.3) is 0 Å². The van der Waals surface area contributed by atoms with Crippen molar-refractivity contribution in [3.8, 4) is 0 Å². The van der Waals surface area contributed by atoms with Crippen LogP contribution in [-0.4, -0.2) is 9.97 Å². The van der Waals surface area contributed by atoms with Gasteiger partial charge in [-0.3, -0.25) is 0 Å². The molecule has 13 heavy (non-hydrogen) atoms. The molecule has 0 unspecified atom stereocenters. The van der Waals surface area contributed by atoms with Crippen molar-refractivity contribution in [2.24, 2.45) is 0 Å². The second-order valence-electron chi connectivity index (χ2n) is 3.20. The Kier molecular flexibility index (Phi) is 1.25. The van der Waals surface area contributed by atoms with E-state index in [1.54, 1.807) is 6.33 Å². The molecule has 0 N–H and O–H groups in total. The number of rotatable bonds is 0. The zero-order valence-corrected chi connectivity index (χ0v) is 7.07. The molecule has 0 radical (unpaired) electrons. The maximum atomic E-state index is 4.30. The third-order valence-corrected chi connectivity index (χ3v) is 2.43. The summed E-state index contributed by atoms with van der Waals surface area (Å²) in [5.74, 6) is 0. The van der Waals surface area contributed by atoms with Gasteiger partial charge in [0, 0.05) is 17.3 Å². The van der Waals surface area contributed by atoms with Gasteiger partial charge in [-0.05, 0) is 12.0 Å². The molecule has 3 rings (SSSR count). The number of nitrogens with zero attached hydrogens (tertiary/aromatic N) is 2. The Labute approximate surface area is 76.3 Å². The molecular formula is C11H8N2. The van der Waals surface area contributed by atoms with Gasteiger partial charge in [0.05, 0.1) is 5.69 Å². The first-order valence-electron chi connectivity index (χ1n) is 4.33. The van der Waals surface area contributed by atoms with Crippen LogP contribution in [0.1, 0.15) is 11.3 Å². The molecule has 0 atom stereocenters. The minimum Gasteiger partial charge on any atom is -0.244 e.